The molecule has 9 heteroatoms. The highest BCUT2D eigenvalue weighted by Gasteiger charge is 2.33. The molecule has 3 amide bonds. The molecule has 0 bridgehead atoms. The van der Waals surface area contributed by atoms with Crippen molar-refractivity contribution in [2.24, 2.45) is 0 Å². The summed E-state index contributed by atoms with van der Waals surface area (Å²) >= 11 is 0. The second-order valence-electron chi connectivity index (χ2n) is 8.40. The summed E-state index contributed by atoms with van der Waals surface area (Å²) in [6.45, 7) is 1.63. The molecule has 2 N–H and O–H groups in total. The minimum atomic E-state index is -1.10. The van der Waals surface area contributed by atoms with Crippen molar-refractivity contribution < 1.29 is 29.0 Å². The van der Waals surface area contributed by atoms with Gasteiger partial charge in [0.05, 0.1) is 6.54 Å². The van der Waals surface area contributed by atoms with Crippen molar-refractivity contribution >= 4 is 23.9 Å². The van der Waals surface area contributed by atoms with Crippen LogP contribution < -0.4 is 5.32 Å². The molecule has 2 aliphatic rings. The average molecular weight is 466 g/mol. The van der Waals surface area contributed by atoms with E-state index in [1.54, 1.807) is 6.92 Å². The Labute approximate surface area is 197 Å². The summed E-state index contributed by atoms with van der Waals surface area (Å²) in [6.07, 6.45) is -0.370. The number of alkyl carbamates (subject to hydrolysis) is 1. The number of fused-ring (bicyclic) bond motifs is 3. The number of carbonyl (C=O) groups excluding carboxylic acids is 3. The van der Waals surface area contributed by atoms with Gasteiger partial charge in [-0.3, -0.25) is 14.4 Å². The van der Waals surface area contributed by atoms with E-state index in [1.165, 1.54) is 9.80 Å². The molecule has 9 nitrogen and oxygen atoms in total. The van der Waals surface area contributed by atoms with E-state index in [0.717, 1.165) is 22.3 Å². The highest BCUT2D eigenvalue weighted by Crippen LogP contribution is 2.44. The standard InChI is InChI=1S/C25H27N3O6/c1-2-21(24(32)28-12-11-27(14-23(30)31)22(29)13-28)26-25(33)34-15-20-18-9-5-3-7-16(18)17-8-4-6-10-19(17)20/h3-10,20-21H,2,11-15H2,1H3,(H,26,33)(H,30,31). The lowest BCUT2D eigenvalue weighted by Gasteiger charge is -2.35. The predicted octanol–water partition coefficient (Wildman–Crippen LogP) is 2.06. The van der Waals surface area contributed by atoms with Crippen LogP contribution in [0.15, 0.2) is 48.5 Å². The van der Waals surface area contributed by atoms with E-state index in [1.807, 2.05) is 36.4 Å². The topological polar surface area (TPSA) is 116 Å². The van der Waals surface area contributed by atoms with Gasteiger partial charge in [-0.05, 0) is 28.7 Å². The molecule has 0 spiro atoms. The van der Waals surface area contributed by atoms with E-state index < -0.39 is 30.6 Å². The van der Waals surface area contributed by atoms with Gasteiger partial charge in [-0.1, -0.05) is 55.5 Å². The first-order valence-corrected chi connectivity index (χ1v) is 11.3. The van der Waals surface area contributed by atoms with Crippen molar-refractivity contribution in [3.63, 3.8) is 0 Å². The van der Waals surface area contributed by atoms with Crippen molar-refractivity contribution in [2.45, 2.75) is 25.3 Å². The van der Waals surface area contributed by atoms with Crippen molar-refractivity contribution in [1.29, 1.82) is 0 Å². The number of amides is 3. The van der Waals surface area contributed by atoms with Crippen LogP contribution in [0.25, 0.3) is 11.1 Å². The fourth-order valence-corrected chi connectivity index (χ4v) is 4.57. The highest BCUT2D eigenvalue weighted by atomic mass is 16.5. The third-order valence-electron chi connectivity index (χ3n) is 6.30. The Balaban J connectivity index is 1.35. The van der Waals surface area contributed by atoms with Crippen LogP contribution in [0.2, 0.25) is 0 Å². The Morgan fingerprint density at radius 2 is 1.68 bits per heavy atom. The number of hydrogen-bond donors (Lipinski definition) is 2. The summed E-state index contributed by atoms with van der Waals surface area (Å²) in [5.41, 5.74) is 4.44. The van der Waals surface area contributed by atoms with Crippen molar-refractivity contribution in [2.75, 3.05) is 32.8 Å². The van der Waals surface area contributed by atoms with Crippen molar-refractivity contribution in [3.8, 4) is 11.1 Å². The quantitative estimate of drug-likeness (QED) is 0.647. The van der Waals surface area contributed by atoms with E-state index in [-0.39, 0.29) is 38.1 Å². The second-order valence-corrected chi connectivity index (χ2v) is 8.40. The third-order valence-corrected chi connectivity index (χ3v) is 6.30. The molecule has 0 radical (unpaired) electrons. The van der Waals surface area contributed by atoms with Gasteiger partial charge in [0.15, 0.2) is 0 Å². The number of aliphatic carboxylic acids is 1. The lowest BCUT2D eigenvalue weighted by Crippen LogP contribution is -2.57. The van der Waals surface area contributed by atoms with E-state index in [0.29, 0.717) is 6.42 Å². The number of ether oxygens (including phenoxy) is 1. The van der Waals surface area contributed by atoms with Gasteiger partial charge >= 0.3 is 12.1 Å². The highest BCUT2D eigenvalue weighted by molar-refractivity contribution is 5.91. The van der Waals surface area contributed by atoms with Crippen LogP contribution in [0, 0.1) is 0 Å². The Hall–Kier alpha value is -3.88. The number of carboxylic acids is 1. The number of nitrogens with zero attached hydrogens (tertiary/aromatic N) is 2. The summed E-state index contributed by atoms with van der Waals surface area (Å²) in [5.74, 6) is -2.01. The fraction of sp³-hybridized carbons (Fsp3) is 0.360. The molecule has 1 saturated heterocycles. The molecule has 2 aromatic carbocycles. The molecule has 1 aliphatic heterocycles. The van der Waals surface area contributed by atoms with Crippen LogP contribution >= 0.6 is 0 Å². The van der Waals surface area contributed by atoms with Crippen molar-refractivity contribution in [1.82, 2.24) is 15.1 Å². The van der Waals surface area contributed by atoms with Crippen LogP contribution in [-0.2, 0) is 19.1 Å². The van der Waals surface area contributed by atoms with Gasteiger partial charge in [-0.2, -0.15) is 0 Å². The third kappa shape index (κ3) is 4.73. The number of carboxylic acid groups (broad SMARTS) is 1. The molecule has 0 saturated carbocycles. The van der Waals surface area contributed by atoms with Crippen LogP contribution in [0.4, 0.5) is 4.79 Å². The Morgan fingerprint density at radius 3 is 2.24 bits per heavy atom. The number of benzene rings is 2. The molecule has 178 valence electrons. The Bertz CT molecular complexity index is 1070. The molecule has 1 fully saturated rings. The first-order valence-electron chi connectivity index (χ1n) is 11.3. The maximum Gasteiger partial charge on any atom is 0.407 e. The number of rotatable bonds is 7. The summed E-state index contributed by atoms with van der Waals surface area (Å²) in [6, 6.07) is 15.2. The predicted molar refractivity (Wildman–Crippen MR) is 123 cm³/mol. The van der Waals surface area contributed by atoms with Gasteiger partial charge in [0.25, 0.3) is 0 Å². The first-order chi connectivity index (χ1) is 16.4. The SMILES string of the molecule is CCC(NC(=O)OCC1c2ccccc2-c2ccccc21)C(=O)N1CCN(CC(=O)O)C(=O)C1. The number of hydrogen-bond acceptors (Lipinski definition) is 5. The summed E-state index contributed by atoms with van der Waals surface area (Å²) < 4.78 is 5.53. The molecular weight excluding hydrogens is 438 g/mol. The normalized spacial score (nSPS) is 16.0. The molecule has 1 heterocycles. The molecule has 2 aromatic rings. The van der Waals surface area contributed by atoms with Gasteiger partial charge in [0.1, 0.15) is 19.2 Å². The van der Waals surface area contributed by atoms with Crippen LogP contribution in [-0.4, -0.2) is 77.6 Å². The summed E-state index contributed by atoms with van der Waals surface area (Å²) in [5, 5.41) is 11.5. The maximum absolute atomic E-state index is 12.9. The molecule has 1 atom stereocenters. The zero-order valence-corrected chi connectivity index (χ0v) is 18.9. The molecule has 1 unspecified atom stereocenters. The maximum atomic E-state index is 12.9. The summed E-state index contributed by atoms with van der Waals surface area (Å²) in [4.78, 5) is 51.1. The van der Waals surface area contributed by atoms with Gasteiger partial charge in [0.2, 0.25) is 11.8 Å². The number of piperazine rings is 1. The first kappa shape index (κ1) is 23.3. The van der Waals surface area contributed by atoms with Gasteiger partial charge in [0, 0.05) is 19.0 Å². The zero-order chi connectivity index (χ0) is 24.2. The lowest BCUT2D eigenvalue weighted by molar-refractivity contribution is -0.151. The van der Waals surface area contributed by atoms with Gasteiger partial charge in [-0.15, -0.1) is 0 Å². The minimum Gasteiger partial charge on any atom is -0.480 e. The zero-order valence-electron chi connectivity index (χ0n) is 18.9. The number of carbonyl (C=O) groups is 4. The Morgan fingerprint density at radius 1 is 1.06 bits per heavy atom. The molecule has 1 aliphatic carbocycles. The van der Waals surface area contributed by atoms with Crippen LogP contribution in [0.5, 0.6) is 0 Å². The fourth-order valence-electron chi connectivity index (χ4n) is 4.57. The minimum absolute atomic E-state index is 0.0890. The van der Waals surface area contributed by atoms with E-state index in [4.69, 9.17) is 9.84 Å². The van der Waals surface area contributed by atoms with E-state index >= 15 is 0 Å². The lowest BCUT2D eigenvalue weighted by atomic mass is 9.98. The largest absolute Gasteiger partial charge is 0.480 e. The molecule has 4 rings (SSSR count). The van der Waals surface area contributed by atoms with Crippen molar-refractivity contribution in [3.05, 3.63) is 59.7 Å². The molecule has 34 heavy (non-hydrogen) atoms. The Kier molecular flexibility index (Phi) is 6.81. The molecule has 0 aromatic heterocycles. The van der Waals surface area contributed by atoms with E-state index in [2.05, 4.69) is 17.4 Å². The average Bonchev–Trinajstić information content (AvgIpc) is 3.15. The molecular formula is C25H27N3O6. The van der Waals surface area contributed by atoms with Crippen LogP contribution in [0.1, 0.15) is 30.4 Å². The monoisotopic (exact) mass is 465 g/mol. The number of nitrogens with one attached hydrogen (secondary N) is 1. The second kappa shape index (κ2) is 9.94. The summed E-state index contributed by atoms with van der Waals surface area (Å²) in [7, 11) is 0. The van der Waals surface area contributed by atoms with E-state index in [9.17, 15) is 19.2 Å². The van der Waals surface area contributed by atoms with Gasteiger partial charge in [-0.25, -0.2) is 4.79 Å². The van der Waals surface area contributed by atoms with Gasteiger partial charge < -0.3 is 25.0 Å². The van der Waals surface area contributed by atoms with Crippen LogP contribution in [0.3, 0.4) is 0 Å². The smallest absolute Gasteiger partial charge is 0.407 e.